The van der Waals surface area contributed by atoms with Gasteiger partial charge in [0.05, 0.1) is 30.2 Å². The molecule has 3 heterocycles. The number of amides is 1. The third-order valence-electron chi connectivity index (χ3n) is 4.47. The second-order valence-corrected chi connectivity index (χ2v) is 7.78. The van der Waals surface area contributed by atoms with Crippen LogP contribution in [0.1, 0.15) is 31.9 Å². The highest BCUT2D eigenvalue weighted by atomic mass is 19.1. The number of nitrogens with zero attached hydrogens (tertiary/aromatic N) is 3. The minimum atomic E-state index is -0.597. The molecule has 0 fully saturated rings. The summed E-state index contributed by atoms with van der Waals surface area (Å²) in [5, 5.41) is 7.50. The second-order valence-electron chi connectivity index (χ2n) is 7.78. The molecule has 28 heavy (non-hydrogen) atoms. The molecule has 0 atom stereocenters. The number of hydrogen-bond donors (Lipinski definition) is 1. The number of carbonyl (C=O) groups excluding carboxylic acids is 1. The molecule has 0 saturated heterocycles. The van der Waals surface area contributed by atoms with Gasteiger partial charge >= 0.3 is 6.09 Å². The van der Waals surface area contributed by atoms with Crippen molar-refractivity contribution in [2.24, 2.45) is 0 Å². The molecule has 0 saturated carbocycles. The first-order chi connectivity index (χ1) is 13.3. The van der Waals surface area contributed by atoms with Crippen LogP contribution >= 0.6 is 0 Å². The van der Waals surface area contributed by atoms with Crippen molar-refractivity contribution >= 4 is 6.09 Å². The highest BCUT2D eigenvalue weighted by Gasteiger charge is 2.30. The number of benzene rings is 1. The van der Waals surface area contributed by atoms with Gasteiger partial charge in [0.2, 0.25) is 0 Å². The summed E-state index contributed by atoms with van der Waals surface area (Å²) in [5.74, 6) is -0.312. The van der Waals surface area contributed by atoms with Crippen molar-refractivity contribution in [1.29, 1.82) is 0 Å². The first-order valence-electron chi connectivity index (χ1n) is 9.07. The minimum Gasteiger partial charge on any atom is -0.444 e. The zero-order chi connectivity index (χ0) is 19.9. The predicted octanol–water partition coefficient (Wildman–Crippen LogP) is 4.53. The molecule has 0 aliphatic carbocycles. The summed E-state index contributed by atoms with van der Waals surface area (Å²) in [7, 11) is 0. The average Bonchev–Trinajstić information content (AvgIpc) is 2.96. The van der Waals surface area contributed by atoms with Gasteiger partial charge in [-0.1, -0.05) is 6.07 Å². The molecule has 6 nitrogen and oxygen atoms in total. The Kier molecular flexibility index (Phi) is 4.37. The predicted molar refractivity (Wildman–Crippen MR) is 103 cm³/mol. The lowest BCUT2D eigenvalue weighted by atomic mass is 10.0. The summed E-state index contributed by atoms with van der Waals surface area (Å²) in [5.41, 5.74) is 4.09. The van der Waals surface area contributed by atoms with E-state index in [9.17, 15) is 9.18 Å². The summed E-state index contributed by atoms with van der Waals surface area (Å²) in [4.78, 5) is 18.9. The molecule has 7 heteroatoms. The lowest BCUT2D eigenvalue weighted by Crippen LogP contribution is -2.35. The topological polar surface area (TPSA) is 71.1 Å². The fourth-order valence-electron chi connectivity index (χ4n) is 3.26. The van der Waals surface area contributed by atoms with Crippen LogP contribution in [0.5, 0.6) is 0 Å². The van der Waals surface area contributed by atoms with Gasteiger partial charge in [-0.25, -0.2) is 9.18 Å². The number of nitrogens with one attached hydrogen (secondary N) is 1. The van der Waals surface area contributed by atoms with Crippen LogP contribution in [0.2, 0.25) is 0 Å². The van der Waals surface area contributed by atoms with Crippen molar-refractivity contribution in [2.45, 2.75) is 39.5 Å². The summed E-state index contributed by atoms with van der Waals surface area (Å²) in [6.45, 7) is 6.20. The van der Waals surface area contributed by atoms with E-state index < -0.39 is 11.7 Å². The lowest BCUT2D eigenvalue weighted by Gasteiger charge is -2.26. The average molecular weight is 380 g/mol. The number of fused-ring (bicyclic) bond motifs is 3. The van der Waals surface area contributed by atoms with Gasteiger partial charge in [0.1, 0.15) is 11.4 Å². The number of rotatable bonds is 1. The number of carbonyl (C=O) groups is 1. The first kappa shape index (κ1) is 18.2. The van der Waals surface area contributed by atoms with Crippen LogP contribution in [0.25, 0.3) is 22.6 Å². The molecule has 1 N–H and O–H groups in total. The Morgan fingerprint density at radius 2 is 1.89 bits per heavy atom. The van der Waals surface area contributed by atoms with Gasteiger partial charge in [-0.3, -0.25) is 15.0 Å². The Hall–Kier alpha value is -3.22. The number of aromatic nitrogens is 3. The zero-order valence-electron chi connectivity index (χ0n) is 16.0. The standard InChI is InChI=1S/C21H21FN4O2/c1-21(2,3)28-20(27)26-11-14-5-4-10-23-18(14)19-16(12-26)17(24-25-19)13-6-8-15(22)9-7-13/h4-10H,11-12H2,1-3H3,(H,24,25). The molecule has 1 amide bonds. The molecule has 0 unspecified atom stereocenters. The van der Waals surface area contributed by atoms with Gasteiger partial charge in [-0.15, -0.1) is 0 Å². The Labute approximate surface area is 162 Å². The van der Waals surface area contributed by atoms with E-state index in [4.69, 9.17) is 4.74 Å². The molecule has 144 valence electrons. The number of pyridine rings is 1. The maximum atomic E-state index is 13.3. The molecule has 3 aromatic rings. The first-order valence-corrected chi connectivity index (χ1v) is 9.07. The summed E-state index contributed by atoms with van der Waals surface area (Å²) < 4.78 is 18.9. The second kappa shape index (κ2) is 6.74. The Morgan fingerprint density at radius 1 is 1.14 bits per heavy atom. The van der Waals surface area contributed by atoms with Crippen molar-refractivity contribution < 1.29 is 13.9 Å². The van der Waals surface area contributed by atoms with E-state index in [1.165, 1.54) is 12.1 Å². The smallest absolute Gasteiger partial charge is 0.410 e. The summed E-state index contributed by atoms with van der Waals surface area (Å²) >= 11 is 0. The number of aromatic amines is 1. The highest BCUT2D eigenvalue weighted by Crippen LogP contribution is 2.35. The maximum Gasteiger partial charge on any atom is 0.410 e. The van der Waals surface area contributed by atoms with E-state index in [1.807, 2.05) is 32.9 Å². The van der Waals surface area contributed by atoms with Gasteiger partial charge < -0.3 is 4.74 Å². The Morgan fingerprint density at radius 3 is 2.61 bits per heavy atom. The van der Waals surface area contributed by atoms with Gasteiger partial charge in [-0.05, 0) is 56.7 Å². The number of halogens is 1. The van der Waals surface area contributed by atoms with Crippen molar-refractivity contribution in [1.82, 2.24) is 20.1 Å². The molecule has 4 rings (SSSR count). The molecule has 1 aliphatic heterocycles. The minimum absolute atomic E-state index is 0.309. The zero-order valence-corrected chi connectivity index (χ0v) is 16.0. The SMILES string of the molecule is CC(C)(C)OC(=O)N1Cc2cccnc2-c2[nH]nc(-c3ccc(F)cc3)c2C1. The van der Waals surface area contributed by atoms with Crippen LogP contribution in [0.4, 0.5) is 9.18 Å². The summed E-state index contributed by atoms with van der Waals surface area (Å²) in [6.07, 6.45) is 1.31. The number of ether oxygens (including phenoxy) is 1. The number of hydrogen-bond acceptors (Lipinski definition) is 4. The monoisotopic (exact) mass is 380 g/mol. The Bertz CT molecular complexity index is 1020. The van der Waals surface area contributed by atoms with E-state index in [0.717, 1.165) is 28.1 Å². The molecule has 0 radical (unpaired) electrons. The van der Waals surface area contributed by atoms with Crippen molar-refractivity contribution in [2.75, 3.05) is 0 Å². The fourth-order valence-corrected chi connectivity index (χ4v) is 3.26. The number of H-pyrrole nitrogens is 1. The van der Waals surface area contributed by atoms with Gasteiger partial charge in [0.25, 0.3) is 0 Å². The van der Waals surface area contributed by atoms with Gasteiger partial charge in [0, 0.05) is 17.3 Å². The maximum absolute atomic E-state index is 13.3. The quantitative estimate of drug-likeness (QED) is 0.673. The van der Waals surface area contributed by atoms with Crippen LogP contribution in [0.15, 0.2) is 42.6 Å². The van der Waals surface area contributed by atoms with E-state index >= 15 is 0 Å². The van der Waals surface area contributed by atoms with Gasteiger partial charge in [0.15, 0.2) is 0 Å². The van der Waals surface area contributed by atoms with Gasteiger partial charge in [-0.2, -0.15) is 5.10 Å². The molecule has 2 aromatic heterocycles. The Balaban J connectivity index is 1.81. The van der Waals surface area contributed by atoms with Crippen molar-refractivity contribution in [3.8, 4) is 22.6 Å². The van der Waals surface area contributed by atoms with E-state index in [2.05, 4.69) is 15.2 Å². The summed E-state index contributed by atoms with van der Waals surface area (Å²) in [6, 6.07) is 9.92. The molecule has 0 spiro atoms. The van der Waals surface area contributed by atoms with E-state index in [-0.39, 0.29) is 5.82 Å². The third-order valence-corrected chi connectivity index (χ3v) is 4.47. The molecular formula is C21H21FN4O2. The van der Waals surface area contributed by atoms with Crippen LogP contribution in [-0.2, 0) is 17.8 Å². The largest absolute Gasteiger partial charge is 0.444 e. The van der Waals surface area contributed by atoms with Crippen LogP contribution in [0, 0.1) is 5.82 Å². The molecule has 0 bridgehead atoms. The highest BCUT2D eigenvalue weighted by molar-refractivity contribution is 5.77. The lowest BCUT2D eigenvalue weighted by molar-refractivity contribution is 0.0219. The van der Waals surface area contributed by atoms with Crippen LogP contribution < -0.4 is 0 Å². The fraction of sp³-hybridized carbons (Fsp3) is 0.286. The van der Waals surface area contributed by atoms with Crippen molar-refractivity contribution in [3.63, 3.8) is 0 Å². The normalized spacial score (nSPS) is 13.5. The van der Waals surface area contributed by atoms with Crippen LogP contribution in [0.3, 0.4) is 0 Å². The third kappa shape index (κ3) is 3.47. The van der Waals surface area contributed by atoms with E-state index in [1.54, 1.807) is 23.2 Å². The molecule has 1 aromatic carbocycles. The molecule has 1 aliphatic rings. The van der Waals surface area contributed by atoms with E-state index in [0.29, 0.717) is 18.8 Å². The van der Waals surface area contributed by atoms with Crippen LogP contribution in [-0.4, -0.2) is 31.8 Å². The molecular weight excluding hydrogens is 359 g/mol. The van der Waals surface area contributed by atoms with Crippen molar-refractivity contribution in [3.05, 3.63) is 59.5 Å².